The number of carbonyl (C=O) groups excluding carboxylic acids is 1. The van der Waals surface area contributed by atoms with Crippen LogP contribution in [-0.4, -0.2) is 18.1 Å². The van der Waals surface area contributed by atoms with E-state index in [-0.39, 0.29) is 22.9 Å². The number of ether oxygens (including phenoxy) is 1. The first kappa shape index (κ1) is 12.9. The molecule has 0 saturated heterocycles. The number of nitrogens with two attached hydrogens (primary N) is 1. The molecule has 2 aliphatic carbocycles. The van der Waals surface area contributed by atoms with Gasteiger partial charge in [0.1, 0.15) is 12.1 Å². The van der Waals surface area contributed by atoms with Gasteiger partial charge >= 0.3 is 5.97 Å². The third kappa shape index (κ3) is 1.70. The number of carbonyl (C=O) groups is 1. The van der Waals surface area contributed by atoms with Crippen LogP contribution in [0.15, 0.2) is 0 Å². The van der Waals surface area contributed by atoms with Crippen LogP contribution in [0.3, 0.4) is 0 Å². The van der Waals surface area contributed by atoms with E-state index in [1.807, 2.05) is 6.92 Å². The molecule has 0 aromatic rings. The van der Waals surface area contributed by atoms with Gasteiger partial charge in [0.2, 0.25) is 0 Å². The predicted molar refractivity (Wildman–Crippen MR) is 67.4 cm³/mol. The van der Waals surface area contributed by atoms with Gasteiger partial charge in [0, 0.05) is 5.41 Å². The third-order valence-corrected chi connectivity index (χ3v) is 5.71. The van der Waals surface area contributed by atoms with Crippen LogP contribution in [-0.2, 0) is 9.53 Å². The van der Waals surface area contributed by atoms with Gasteiger partial charge in [0.15, 0.2) is 0 Å². The van der Waals surface area contributed by atoms with Crippen LogP contribution in [0, 0.1) is 16.7 Å². The minimum atomic E-state index is -0.458. The summed E-state index contributed by atoms with van der Waals surface area (Å²) in [7, 11) is 0. The van der Waals surface area contributed by atoms with Crippen LogP contribution in [0.4, 0.5) is 0 Å². The van der Waals surface area contributed by atoms with Gasteiger partial charge in [0.25, 0.3) is 0 Å². The molecule has 0 heterocycles. The lowest BCUT2D eigenvalue weighted by Gasteiger charge is -2.38. The highest BCUT2D eigenvalue weighted by atomic mass is 16.5. The van der Waals surface area contributed by atoms with Crippen molar-refractivity contribution in [2.75, 3.05) is 0 Å². The SMILES string of the molecule is CC[C@H](N)C(=O)O[C@@H]1C[C@@H]2CC[C@@]1(C)C2(C)C. The zero-order chi connectivity index (χ0) is 12.8. The summed E-state index contributed by atoms with van der Waals surface area (Å²) in [5.41, 5.74) is 6.15. The minimum absolute atomic E-state index is 0.0707. The Labute approximate surface area is 104 Å². The Morgan fingerprint density at radius 2 is 2.12 bits per heavy atom. The van der Waals surface area contributed by atoms with Crippen molar-refractivity contribution in [2.45, 2.75) is 65.5 Å². The molecule has 2 bridgehead atoms. The summed E-state index contributed by atoms with van der Waals surface area (Å²) >= 11 is 0. The van der Waals surface area contributed by atoms with Crippen molar-refractivity contribution in [3.63, 3.8) is 0 Å². The highest BCUT2D eigenvalue weighted by Gasteiger charge is 2.62. The van der Waals surface area contributed by atoms with Gasteiger partial charge < -0.3 is 10.5 Å². The van der Waals surface area contributed by atoms with E-state index in [2.05, 4.69) is 20.8 Å². The Hall–Kier alpha value is -0.570. The van der Waals surface area contributed by atoms with E-state index in [1.54, 1.807) is 0 Å². The van der Waals surface area contributed by atoms with Gasteiger partial charge in [-0.1, -0.05) is 27.7 Å². The number of fused-ring (bicyclic) bond motifs is 2. The topological polar surface area (TPSA) is 52.3 Å². The minimum Gasteiger partial charge on any atom is -0.461 e. The predicted octanol–water partition coefficient (Wildman–Crippen LogP) is 2.48. The third-order valence-electron chi connectivity index (χ3n) is 5.71. The monoisotopic (exact) mass is 239 g/mol. The molecule has 2 N–H and O–H groups in total. The van der Waals surface area contributed by atoms with E-state index in [4.69, 9.17) is 10.5 Å². The molecule has 0 aliphatic heterocycles. The van der Waals surface area contributed by atoms with Crippen LogP contribution in [0.1, 0.15) is 53.4 Å². The first-order valence-electron chi connectivity index (χ1n) is 6.79. The number of esters is 1. The van der Waals surface area contributed by atoms with Gasteiger partial charge in [-0.3, -0.25) is 4.79 Å². The van der Waals surface area contributed by atoms with Crippen molar-refractivity contribution in [2.24, 2.45) is 22.5 Å². The van der Waals surface area contributed by atoms with Gasteiger partial charge in [-0.25, -0.2) is 0 Å². The molecular weight excluding hydrogens is 214 g/mol. The fourth-order valence-electron chi connectivity index (χ4n) is 3.70. The molecule has 0 amide bonds. The molecule has 3 nitrogen and oxygen atoms in total. The zero-order valence-electron chi connectivity index (χ0n) is 11.5. The van der Waals surface area contributed by atoms with Gasteiger partial charge in [0.05, 0.1) is 0 Å². The van der Waals surface area contributed by atoms with Crippen molar-refractivity contribution < 1.29 is 9.53 Å². The standard InChI is InChI=1S/C14H25NO2/c1-5-10(15)12(16)17-11-8-9-6-7-14(11,4)13(9,2)3/h9-11H,5-8,15H2,1-4H3/t9-,10-,11+,14+/m0/s1. The average Bonchev–Trinajstić information content (AvgIpc) is 2.60. The van der Waals surface area contributed by atoms with E-state index in [0.29, 0.717) is 12.3 Å². The Kier molecular flexibility index (Phi) is 3.01. The molecule has 3 heteroatoms. The molecule has 0 radical (unpaired) electrons. The maximum atomic E-state index is 11.8. The molecule has 0 spiro atoms. The molecule has 17 heavy (non-hydrogen) atoms. The number of hydrogen-bond acceptors (Lipinski definition) is 3. The van der Waals surface area contributed by atoms with Crippen LogP contribution < -0.4 is 5.73 Å². The molecular formula is C14H25NO2. The Morgan fingerprint density at radius 1 is 1.47 bits per heavy atom. The van der Waals surface area contributed by atoms with Gasteiger partial charge in [-0.2, -0.15) is 0 Å². The Balaban J connectivity index is 2.08. The zero-order valence-corrected chi connectivity index (χ0v) is 11.5. The lowest BCUT2D eigenvalue weighted by atomic mass is 9.70. The normalized spacial score (nSPS) is 40.3. The highest BCUT2D eigenvalue weighted by Crippen LogP contribution is 2.66. The summed E-state index contributed by atoms with van der Waals surface area (Å²) in [5.74, 6) is 0.477. The molecule has 0 aromatic heterocycles. The smallest absolute Gasteiger partial charge is 0.323 e. The van der Waals surface area contributed by atoms with Crippen molar-refractivity contribution in [1.82, 2.24) is 0 Å². The summed E-state index contributed by atoms with van der Waals surface area (Å²) < 4.78 is 5.67. The summed E-state index contributed by atoms with van der Waals surface area (Å²) in [6.45, 7) is 8.82. The first-order valence-corrected chi connectivity index (χ1v) is 6.79. The second kappa shape index (κ2) is 3.98. The highest BCUT2D eigenvalue weighted by molar-refractivity contribution is 5.75. The van der Waals surface area contributed by atoms with Crippen LogP contribution in [0.5, 0.6) is 0 Å². The fraction of sp³-hybridized carbons (Fsp3) is 0.929. The molecule has 2 rings (SSSR count). The first-order chi connectivity index (χ1) is 7.83. The molecule has 2 aliphatic rings. The van der Waals surface area contributed by atoms with E-state index in [9.17, 15) is 4.79 Å². The summed E-state index contributed by atoms with van der Waals surface area (Å²) in [4.78, 5) is 11.8. The average molecular weight is 239 g/mol. The van der Waals surface area contributed by atoms with E-state index < -0.39 is 6.04 Å². The summed E-state index contributed by atoms with van der Waals surface area (Å²) in [6.07, 6.45) is 4.18. The fourth-order valence-corrected chi connectivity index (χ4v) is 3.70. The van der Waals surface area contributed by atoms with Crippen LogP contribution in [0.2, 0.25) is 0 Å². The molecule has 2 fully saturated rings. The Morgan fingerprint density at radius 3 is 2.53 bits per heavy atom. The Bertz CT molecular complexity index is 326. The lowest BCUT2D eigenvalue weighted by molar-refractivity contribution is -0.158. The molecule has 2 saturated carbocycles. The second-order valence-corrected chi connectivity index (χ2v) is 6.55. The van der Waals surface area contributed by atoms with Gasteiger partial charge in [-0.05, 0) is 37.0 Å². The largest absolute Gasteiger partial charge is 0.461 e. The second-order valence-electron chi connectivity index (χ2n) is 6.55. The molecule has 0 aromatic carbocycles. The van der Waals surface area contributed by atoms with Crippen LogP contribution in [0.25, 0.3) is 0 Å². The van der Waals surface area contributed by atoms with Crippen molar-refractivity contribution in [3.05, 3.63) is 0 Å². The van der Waals surface area contributed by atoms with Crippen LogP contribution >= 0.6 is 0 Å². The van der Waals surface area contributed by atoms with Crippen molar-refractivity contribution in [1.29, 1.82) is 0 Å². The van der Waals surface area contributed by atoms with Gasteiger partial charge in [-0.15, -0.1) is 0 Å². The number of rotatable bonds is 3. The quantitative estimate of drug-likeness (QED) is 0.770. The maximum absolute atomic E-state index is 11.8. The summed E-state index contributed by atoms with van der Waals surface area (Å²) in [5, 5.41) is 0. The molecule has 4 atom stereocenters. The molecule has 0 unspecified atom stereocenters. The van der Waals surface area contributed by atoms with E-state index in [1.165, 1.54) is 12.8 Å². The van der Waals surface area contributed by atoms with E-state index >= 15 is 0 Å². The van der Waals surface area contributed by atoms with Crippen molar-refractivity contribution in [3.8, 4) is 0 Å². The van der Waals surface area contributed by atoms with E-state index in [0.717, 1.165) is 6.42 Å². The maximum Gasteiger partial charge on any atom is 0.323 e. The lowest BCUT2D eigenvalue weighted by Crippen LogP contribution is -2.42. The van der Waals surface area contributed by atoms with Crippen molar-refractivity contribution >= 4 is 5.97 Å². The summed E-state index contributed by atoms with van der Waals surface area (Å²) in [6, 6.07) is -0.458. The number of hydrogen-bond donors (Lipinski definition) is 1. The molecule has 98 valence electrons.